The van der Waals surface area contributed by atoms with Gasteiger partial charge in [-0.05, 0) is 91.6 Å². The Morgan fingerprint density at radius 2 is 0.769 bits per heavy atom. The van der Waals surface area contributed by atoms with Crippen molar-refractivity contribution in [2.45, 2.75) is 151 Å². The molecule has 2 aromatic carbocycles. The molecule has 7 heteroatoms. The van der Waals surface area contributed by atoms with E-state index in [1.165, 1.54) is 98.6 Å². The first-order chi connectivity index (χ1) is 24.3. The fourth-order valence-electron chi connectivity index (χ4n) is 5.90. The van der Waals surface area contributed by atoms with Crippen LogP contribution in [0.1, 0.15) is 173 Å². The van der Waals surface area contributed by atoms with Crippen LogP contribution in [-0.2, 0) is 18.9 Å². The molecular weight excluding hydrogens is 656 g/mol. The van der Waals surface area contributed by atoms with Crippen LogP contribution in [0.3, 0.4) is 0 Å². The van der Waals surface area contributed by atoms with Crippen molar-refractivity contribution in [3.05, 3.63) is 58.7 Å². The summed E-state index contributed by atoms with van der Waals surface area (Å²) in [7, 11) is 1.24. The van der Waals surface area contributed by atoms with Crippen LogP contribution < -0.4 is 24.2 Å². The molecule has 0 amide bonds. The summed E-state index contributed by atoms with van der Waals surface area (Å²) in [6.07, 6.45) is 10.2. The van der Waals surface area contributed by atoms with Gasteiger partial charge in [-0.15, -0.1) is 5.45 Å². The molecule has 0 N–H and O–H groups in total. The standard InChI is InChI=1S/C29H43NP.4C4H8O.Li/c1-18(2)22-14-12-15-23(19(3)4)26(22)30-28(29(9,10)11)31-27-24(20(5)6)16-13-17-25(27)21(7)8;4*1-2-4-5-3-1;/h12-21H,1-11H3;4*1-4H2;/q-1;;;;;+1. The van der Waals surface area contributed by atoms with E-state index in [9.17, 15) is 0 Å². The van der Waals surface area contributed by atoms with Gasteiger partial charge in [0.2, 0.25) is 0 Å². The zero-order chi connectivity index (χ0) is 37.6. The molecule has 0 bridgehead atoms. The Kier molecular flexibility index (Phi) is 26.0. The molecule has 0 radical (unpaired) electrons. The molecular formula is C45H75LiNO4P. The second-order valence-electron chi connectivity index (χ2n) is 16.3. The van der Waals surface area contributed by atoms with Crippen LogP contribution in [0.25, 0.3) is 0 Å². The van der Waals surface area contributed by atoms with Crippen LogP contribution in [0.5, 0.6) is 0 Å². The summed E-state index contributed by atoms with van der Waals surface area (Å²) < 4.78 is 19.8. The Morgan fingerprint density at radius 1 is 0.500 bits per heavy atom. The topological polar surface area (TPSA) is 49.3 Å². The van der Waals surface area contributed by atoms with Gasteiger partial charge in [-0.3, -0.25) is 4.99 Å². The molecule has 0 unspecified atom stereocenters. The minimum Gasteiger partial charge on any atom is -0.455 e. The van der Waals surface area contributed by atoms with E-state index in [4.69, 9.17) is 23.9 Å². The summed E-state index contributed by atoms with van der Waals surface area (Å²) in [5.41, 5.74) is 8.03. The molecule has 0 spiro atoms. The van der Waals surface area contributed by atoms with E-state index in [0.29, 0.717) is 23.7 Å². The number of para-hydroxylation sites is 1. The van der Waals surface area contributed by atoms with Crippen molar-refractivity contribution in [3.63, 3.8) is 0 Å². The van der Waals surface area contributed by atoms with Crippen molar-refractivity contribution in [2.24, 2.45) is 10.4 Å². The minimum atomic E-state index is -0.0156. The van der Waals surface area contributed by atoms with E-state index >= 15 is 0 Å². The van der Waals surface area contributed by atoms with Gasteiger partial charge in [-0.25, -0.2) is 0 Å². The fraction of sp³-hybridized carbons (Fsp3) is 0.711. The van der Waals surface area contributed by atoms with Crippen LogP contribution in [0.4, 0.5) is 5.69 Å². The van der Waals surface area contributed by atoms with Crippen LogP contribution in [0.15, 0.2) is 41.4 Å². The van der Waals surface area contributed by atoms with Crippen molar-refractivity contribution in [2.75, 3.05) is 52.9 Å². The predicted octanol–water partition coefficient (Wildman–Crippen LogP) is 9.72. The van der Waals surface area contributed by atoms with Crippen LogP contribution in [0, 0.1) is 5.41 Å². The Hall–Kier alpha value is -1.02. The summed E-state index contributed by atoms with van der Waals surface area (Å²) in [5.74, 6) is 1.89. The summed E-state index contributed by atoms with van der Waals surface area (Å²) in [4.78, 5) is 5.47. The molecule has 4 fully saturated rings. The maximum absolute atomic E-state index is 5.47. The molecule has 0 saturated carbocycles. The maximum atomic E-state index is 5.47. The van der Waals surface area contributed by atoms with Crippen LogP contribution in [0.2, 0.25) is 0 Å². The predicted molar refractivity (Wildman–Crippen MR) is 223 cm³/mol. The number of aliphatic imine (C=N–C) groups is 1. The second-order valence-corrected chi connectivity index (χ2v) is 17.4. The number of rotatable bonds is 7. The molecule has 4 aliphatic rings. The first-order valence-electron chi connectivity index (χ1n) is 20.2. The van der Waals surface area contributed by atoms with Gasteiger partial charge in [-0.1, -0.05) is 124 Å². The first-order valence-corrected chi connectivity index (χ1v) is 21.1. The molecule has 2 aromatic rings. The van der Waals surface area contributed by atoms with Gasteiger partial charge in [0.15, 0.2) is 0 Å². The average molecular weight is 732 g/mol. The third-order valence-electron chi connectivity index (χ3n) is 9.10. The van der Waals surface area contributed by atoms with Crippen molar-refractivity contribution in [1.82, 2.24) is 0 Å². The quantitative estimate of drug-likeness (QED) is 0.162. The van der Waals surface area contributed by atoms with Crippen molar-refractivity contribution < 1.29 is 37.8 Å². The zero-order valence-electron chi connectivity index (χ0n) is 35.6. The SMILES string of the molecule is C1CCOC1.C1CCOC1.C1CCOC1.C1CCOC1.CC(C)c1cccc(C(C)C)c1N=C([P-]c1c(C(C)C)cccc1C(C)C)C(C)(C)C.[Li+]. The van der Waals surface area contributed by atoms with Crippen molar-refractivity contribution >= 4 is 25.0 Å². The Balaban J connectivity index is 0.000000507. The van der Waals surface area contributed by atoms with Gasteiger partial charge in [0.25, 0.3) is 0 Å². The van der Waals surface area contributed by atoms with Crippen LogP contribution >= 0.6 is 8.58 Å². The number of benzene rings is 2. The van der Waals surface area contributed by atoms with Gasteiger partial charge in [0.05, 0.1) is 5.69 Å². The van der Waals surface area contributed by atoms with Gasteiger partial charge >= 0.3 is 18.9 Å². The van der Waals surface area contributed by atoms with Crippen LogP contribution in [-0.4, -0.2) is 58.3 Å². The molecule has 52 heavy (non-hydrogen) atoms. The fourth-order valence-corrected chi connectivity index (χ4v) is 7.52. The Bertz CT molecular complexity index is 1120. The third-order valence-corrected chi connectivity index (χ3v) is 10.8. The minimum absolute atomic E-state index is 0. The normalized spacial score (nSPS) is 17.3. The molecule has 5 nitrogen and oxygen atoms in total. The smallest absolute Gasteiger partial charge is 0.455 e. The number of nitrogens with zero attached hydrogens (tertiary/aromatic N) is 1. The molecule has 4 saturated heterocycles. The molecule has 290 valence electrons. The molecule has 4 heterocycles. The summed E-state index contributed by atoms with van der Waals surface area (Å²) in [6.45, 7) is 33.2. The molecule has 4 aliphatic heterocycles. The maximum Gasteiger partial charge on any atom is 1.00 e. The monoisotopic (exact) mass is 732 g/mol. The average Bonchev–Trinajstić information content (AvgIpc) is 3.93. The number of ether oxygens (including phenoxy) is 4. The third kappa shape index (κ3) is 19.0. The van der Waals surface area contributed by atoms with Gasteiger partial charge in [-0.2, -0.15) is 5.30 Å². The summed E-state index contributed by atoms with van der Waals surface area (Å²) in [6, 6.07) is 13.6. The van der Waals surface area contributed by atoms with E-state index < -0.39 is 0 Å². The van der Waals surface area contributed by atoms with Crippen molar-refractivity contribution in [1.29, 1.82) is 0 Å². The Morgan fingerprint density at radius 3 is 0.981 bits per heavy atom. The first kappa shape index (κ1) is 49.0. The largest absolute Gasteiger partial charge is 1.00 e. The molecule has 6 rings (SSSR count). The van der Waals surface area contributed by atoms with Gasteiger partial charge < -0.3 is 27.5 Å². The number of hydrogen-bond donors (Lipinski definition) is 0. The molecule has 0 aliphatic carbocycles. The van der Waals surface area contributed by atoms with E-state index in [1.807, 2.05) is 0 Å². The summed E-state index contributed by atoms with van der Waals surface area (Å²) >= 11 is 0. The van der Waals surface area contributed by atoms with E-state index in [0.717, 1.165) is 52.9 Å². The van der Waals surface area contributed by atoms with Gasteiger partial charge in [0, 0.05) is 52.9 Å². The second kappa shape index (κ2) is 27.5. The van der Waals surface area contributed by atoms with Gasteiger partial charge in [0.1, 0.15) is 0 Å². The Labute approximate surface area is 334 Å². The van der Waals surface area contributed by atoms with E-state index in [2.05, 4.69) is 113 Å². The van der Waals surface area contributed by atoms with E-state index in [1.54, 1.807) is 0 Å². The van der Waals surface area contributed by atoms with E-state index in [-0.39, 0.29) is 24.3 Å². The zero-order valence-corrected chi connectivity index (χ0v) is 36.5. The van der Waals surface area contributed by atoms with Crippen molar-refractivity contribution in [3.8, 4) is 0 Å². The molecule has 0 aromatic heterocycles. The molecule has 0 atom stereocenters. The summed E-state index contributed by atoms with van der Waals surface area (Å²) in [5, 5.41) is 1.45. The number of hydrogen-bond acceptors (Lipinski definition) is 5.